The van der Waals surface area contributed by atoms with Crippen molar-refractivity contribution in [3.8, 4) is 0 Å². The van der Waals surface area contributed by atoms with Gasteiger partial charge in [-0.05, 0) is 31.9 Å². The van der Waals surface area contributed by atoms with Crippen LogP contribution in [0.3, 0.4) is 0 Å². The van der Waals surface area contributed by atoms with Crippen molar-refractivity contribution < 1.29 is 4.79 Å². The molecule has 2 aromatic heterocycles. The van der Waals surface area contributed by atoms with Gasteiger partial charge in [0.05, 0.1) is 23.5 Å². The molecule has 0 aliphatic heterocycles. The van der Waals surface area contributed by atoms with Gasteiger partial charge >= 0.3 is 0 Å². The average molecular weight is 272 g/mol. The molecule has 0 radical (unpaired) electrons. The van der Waals surface area contributed by atoms with E-state index in [0.717, 1.165) is 24.2 Å². The van der Waals surface area contributed by atoms with Crippen molar-refractivity contribution in [2.45, 2.75) is 39.8 Å². The molecule has 1 amide bonds. The van der Waals surface area contributed by atoms with E-state index in [1.165, 1.54) is 0 Å². The van der Waals surface area contributed by atoms with Gasteiger partial charge in [0.1, 0.15) is 0 Å². The van der Waals surface area contributed by atoms with Gasteiger partial charge in [-0.1, -0.05) is 13.0 Å². The van der Waals surface area contributed by atoms with Crippen LogP contribution in [0.25, 0.3) is 0 Å². The minimum atomic E-state index is -0.112. The monoisotopic (exact) mass is 272 g/mol. The van der Waals surface area contributed by atoms with Crippen LogP contribution in [0.4, 0.5) is 0 Å². The Kier molecular flexibility index (Phi) is 4.50. The van der Waals surface area contributed by atoms with Crippen LogP contribution in [0, 0.1) is 6.92 Å². The maximum absolute atomic E-state index is 12.2. The Morgan fingerprint density at radius 2 is 2.15 bits per heavy atom. The fourth-order valence-electron chi connectivity index (χ4n) is 1.97. The topological polar surface area (TPSA) is 59.8 Å². The molecule has 2 aromatic rings. The number of carbonyl (C=O) groups excluding carboxylic acids is 1. The molecule has 106 valence electrons. The molecule has 0 unspecified atom stereocenters. The lowest BCUT2D eigenvalue weighted by molar-refractivity contribution is 0.0934. The Labute approximate surface area is 119 Å². The van der Waals surface area contributed by atoms with Crippen LogP contribution in [-0.2, 0) is 6.54 Å². The van der Waals surface area contributed by atoms with Gasteiger partial charge in [0.25, 0.3) is 5.91 Å². The van der Waals surface area contributed by atoms with Gasteiger partial charge in [-0.3, -0.25) is 14.5 Å². The number of hydrogen-bond donors (Lipinski definition) is 1. The molecule has 0 saturated heterocycles. The third-order valence-electron chi connectivity index (χ3n) is 3.22. The summed E-state index contributed by atoms with van der Waals surface area (Å²) in [4.78, 5) is 16.6. The highest BCUT2D eigenvalue weighted by Crippen LogP contribution is 2.15. The van der Waals surface area contributed by atoms with Crippen LogP contribution in [0.5, 0.6) is 0 Å². The molecule has 2 heterocycles. The van der Waals surface area contributed by atoms with Crippen molar-refractivity contribution >= 4 is 5.91 Å². The number of carbonyl (C=O) groups is 1. The van der Waals surface area contributed by atoms with E-state index in [2.05, 4.69) is 15.4 Å². The lowest BCUT2D eigenvalue weighted by atomic mass is 10.1. The van der Waals surface area contributed by atoms with Crippen LogP contribution < -0.4 is 5.32 Å². The molecule has 5 heteroatoms. The van der Waals surface area contributed by atoms with E-state index in [9.17, 15) is 4.79 Å². The molecule has 0 aliphatic rings. The van der Waals surface area contributed by atoms with E-state index in [1.807, 2.05) is 39.1 Å². The summed E-state index contributed by atoms with van der Waals surface area (Å²) >= 11 is 0. The molecule has 20 heavy (non-hydrogen) atoms. The highest BCUT2D eigenvalue weighted by Gasteiger charge is 2.16. The van der Waals surface area contributed by atoms with Gasteiger partial charge in [-0.15, -0.1) is 0 Å². The van der Waals surface area contributed by atoms with Crippen LogP contribution in [-0.4, -0.2) is 20.7 Å². The molecule has 0 aliphatic carbocycles. The van der Waals surface area contributed by atoms with Crippen molar-refractivity contribution in [2.24, 2.45) is 0 Å². The second kappa shape index (κ2) is 6.32. The molecular weight excluding hydrogens is 252 g/mol. The number of pyridine rings is 1. The van der Waals surface area contributed by atoms with Gasteiger partial charge in [0, 0.05) is 18.9 Å². The fraction of sp³-hybridized carbons (Fsp3) is 0.400. The van der Waals surface area contributed by atoms with E-state index in [4.69, 9.17) is 0 Å². The molecule has 2 rings (SSSR count). The summed E-state index contributed by atoms with van der Waals surface area (Å²) in [6.07, 6.45) is 5.96. The summed E-state index contributed by atoms with van der Waals surface area (Å²) in [6, 6.07) is 3.89. The highest BCUT2D eigenvalue weighted by molar-refractivity contribution is 5.93. The zero-order valence-electron chi connectivity index (χ0n) is 12.1. The van der Waals surface area contributed by atoms with Crippen molar-refractivity contribution in [1.29, 1.82) is 0 Å². The largest absolute Gasteiger partial charge is 0.344 e. The lowest BCUT2D eigenvalue weighted by Gasteiger charge is -2.16. The number of amides is 1. The Hall–Kier alpha value is -2.17. The van der Waals surface area contributed by atoms with Crippen LogP contribution in [0.15, 0.2) is 30.7 Å². The molecule has 0 aromatic carbocycles. The van der Waals surface area contributed by atoms with Crippen molar-refractivity contribution in [2.75, 3.05) is 0 Å². The number of aryl methyl sites for hydroxylation is 2. The molecule has 0 saturated carbocycles. The van der Waals surface area contributed by atoms with E-state index in [0.29, 0.717) is 5.56 Å². The number of rotatable bonds is 5. The summed E-state index contributed by atoms with van der Waals surface area (Å²) in [5, 5.41) is 7.11. The second-order valence-corrected chi connectivity index (χ2v) is 4.78. The van der Waals surface area contributed by atoms with Crippen molar-refractivity contribution in [3.63, 3.8) is 0 Å². The zero-order chi connectivity index (χ0) is 14.5. The third kappa shape index (κ3) is 3.23. The SMILES string of the molecule is CC[C@@H](NC(=O)c1cnn(CC)c1)c1ccc(C)cn1. The van der Waals surface area contributed by atoms with E-state index >= 15 is 0 Å². The summed E-state index contributed by atoms with van der Waals surface area (Å²) in [6.45, 7) is 6.77. The molecule has 1 atom stereocenters. The van der Waals surface area contributed by atoms with Crippen LogP contribution >= 0.6 is 0 Å². The summed E-state index contributed by atoms with van der Waals surface area (Å²) in [5.41, 5.74) is 2.57. The number of nitrogens with zero attached hydrogens (tertiary/aromatic N) is 3. The summed E-state index contributed by atoms with van der Waals surface area (Å²) < 4.78 is 1.74. The van der Waals surface area contributed by atoms with Crippen LogP contribution in [0.2, 0.25) is 0 Å². The lowest BCUT2D eigenvalue weighted by Crippen LogP contribution is -2.28. The fourth-order valence-corrected chi connectivity index (χ4v) is 1.97. The van der Waals surface area contributed by atoms with Crippen molar-refractivity contribution in [3.05, 3.63) is 47.5 Å². The number of aromatic nitrogens is 3. The standard InChI is InChI=1S/C15H20N4O/c1-4-13(14-7-6-11(3)8-16-14)18-15(20)12-9-17-19(5-2)10-12/h6-10,13H,4-5H2,1-3H3,(H,18,20)/t13-/m1/s1. The highest BCUT2D eigenvalue weighted by atomic mass is 16.1. The Morgan fingerprint density at radius 3 is 2.70 bits per heavy atom. The average Bonchev–Trinajstić information content (AvgIpc) is 2.94. The Balaban J connectivity index is 2.09. The smallest absolute Gasteiger partial charge is 0.255 e. The van der Waals surface area contributed by atoms with E-state index in [1.54, 1.807) is 17.1 Å². The number of nitrogens with one attached hydrogen (secondary N) is 1. The number of hydrogen-bond acceptors (Lipinski definition) is 3. The second-order valence-electron chi connectivity index (χ2n) is 4.78. The van der Waals surface area contributed by atoms with E-state index < -0.39 is 0 Å². The zero-order valence-corrected chi connectivity index (χ0v) is 12.1. The van der Waals surface area contributed by atoms with Crippen molar-refractivity contribution in [1.82, 2.24) is 20.1 Å². The van der Waals surface area contributed by atoms with Gasteiger partial charge in [0.2, 0.25) is 0 Å². The summed E-state index contributed by atoms with van der Waals surface area (Å²) in [7, 11) is 0. The first-order chi connectivity index (χ1) is 9.63. The molecule has 5 nitrogen and oxygen atoms in total. The summed E-state index contributed by atoms with van der Waals surface area (Å²) in [5.74, 6) is -0.112. The normalized spacial score (nSPS) is 12.2. The molecule has 0 fully saturated rings. The van der Waals surface area contributed by atoms with E-state index in [-0.39, 0.29) is 11.9 Å². The molecule has 0 bridgehead atoms. The van der Waals surface area contributed by atoms with Crippen LogP contribution in [0.1, 0.15) is 47.9 Å². The first kappa shape index (κ1) is 14.2. The Bertz CT molecular complexity index is 574. The minimum absolute atomic E-state index is 0.0759. The van der Waals surface area contributed by atoms with Gasteiger partial charge in [0.15, 0.2) is 0 Å². The molecule has 1 N–H and O–H groups in total. The predicted octanol–water partition coefficient (Wildman–Crippen LogP) is 2.49. The van der Waals surface area contributed by atoms with Gasteiger partial charge in [-0.2, -0.15) is 5.10 Å². The first-order valence-corrected chi connectivity index (χ1v) is 6.90. The maximum atomic E-state index is 12.2. The van der Waals surface area contributed by atoms with Gasteiger partial charge in [-0.25, -0.2) is 0 Å². The third-order valence-corrected chi connectivity index (χ3v) is 3.22. The van der Waals surface area contributed by atoms with Gasteiger partial charge < -0.3 is 5.32 Å². The first-order valence-electron chi connectivity index (χ1n) is 6.90. The quantitative estimate of drug-likeness (QED) is 0.909. The minimum Gasteiger partial charge on any atom is -0.344 e. The maximum Gasteiger partial charge on any atom is 0.255 e. The Morgan fingerprint density at radius 1 is 1.35 bits per heavy atom. The predicted molar refractivity (Wildman–Crippen MR) is 77.4 cm³/mol. The molecule has 0 spiro atoms. The molecular formula is C15H20N4O.